The van der Waals surface area contributed by atoms with Gasteiger partial charge in [-0.25, -0.2) is 9.78 Å². The van der Waals surface area contributed by atoms with E-state index in [1.807, 2.05) is 16.8 Å². The van der Waals surface area contributed by atoms with Crippen molar-refractivity contribution in [3.8, 4) is 17.2 Å². The number of nitrogens with two attached hydrogens (primary N) is 2. The molecule has 5 N–H and O–H groups in total. The van der Waals surface area contributed by atoms with Crippen LogP contribution in [0.25, 0.3) is 21.3 Å². The quantitative estimate of drug-likeness (QED) is 0.223. The first-order valence-electron chi connectivity index (χ1n) is 12.6. The van der Waals surface area contributed by atoms with Crippen molar-refractivity contribution in [2.75, 3.05) is 23.4 Å². The van der Waals surface area contributed by atoms with Crippen LogP contribution in [0.3, 0.4) is 0 Å². The number of hydrogen-bond donors (Lipinski definition) is 3. The molecule has 8 nitrogen and oxygen atoms in total. The number of thiophene rings is 3. The molecule has 0 aliphatic heterocycles. The minimum Gasteiger partial charge on any atom is -0.462 e. The van der Waals surface area contributed by atoms with Gasteiger partial charge in [-0.1, -0.05) is 20.8 Å². The Morgan fingerprint density at radius 1 is 1.28 bits per heavy atom. The van der Waals surface area contributed by atoms with Gasteiger partial charge in [-0.15, -0.1) is 22.7 Å². The molecule has 0 spiro atoms. The number of hydrogen-bond acceptors (Lipinski definition) is 10. The Hall–Kier alpha value is -3.46. The van der Waals surface area contributed by atoms with Crippen molar-refractivity contribution >= 4 is 72.6 Å². The first-order valence-corrected chi connectivity index (χ1v) is 15.2. The molecule has 0 aromatic carbocycles. The molecule has 202 valence electrons. The molecule has 39 heavy (non-hydrogen) atoms. The number of rotatable bonds is 5. The molecule has 5 rings (SSSR count). The summed E-state index contributed by atoms with van der Waals surface area (Å²) in [6.07, 6.45) is 2.57. The number of esters is 1. The van der Waals surface area contributed by atoms with Gasteiger partial charge >= 0.3 is 5.97 Å². The van der Waals surface area contributed by atoms with Crippen LogP contribution in [-0.2, 0) is 17.6 Å². The molecule has 0 bridgehead atoms. The number of aromatic nitrogens is 1. The second kappa shape index (κ2) is 10.3. The van der Waals surface area contributed by atoms with E-state index in [0.29, 0.717) is 32.3 Å². The van der Waals surface area contributed by atoms with E-state index < -0.39 is 11.9 Å². The fraction of sp³-hybridized carbons (Fsp3) is 0.357. The number of nitrogen functional groups attached to an aromatic ring is 2. The van der Waals surface area contributed by atoms with Crippen molar-refractivity contribution in [2.45, 2.75) is 47.0 Å². The van der Waals surface area contributed by atoms with Gasteiger partial charge in [0.15, 0.2) is 0 Å². The van der Waals surface area contributed by atoms with E-state index in [0.717, 1.165) is 46.6 Å². The van der Waals surface area contributed by atoms with Crippen molar-refractivity contribution in [1.29, 1.82) is 5.26 Å². The molecule has 11 heteroatoms. The Bertz CT molecular complexity index is 1640. The zero-order chi connectivity index (χ0) is 28.1. The summed E-state index contributed by atoms with van der Waals surface area (Å²) >= 11 is 4.03. The van der Waals surface area contributed by atoms with Crippen molar-refractivity contribution in [1.82, 2.24) is 4.98 Å². The van der Waals surface area contributed by atoms with Crippen LogP contribution in [0.15, 0.2) is 16.8 Å². The van der Waals surface area contributed by atoms with Crippen LogP contribution in [0, 0.1) is 22.7 Å². The average molecular weight is 580 g/mol. The van der Waals surface area contributed by atoms with Crippen molar-refractivity contribution in [3.63, 3.8) is 0 Å². The van der Waals surface area contributed by atoms with E-state index in [9.17, 15) is 14.9 Å². The maximum Gasteiger partial charge on any atom is 0.341 e. The van der Waals surface area contributed by atoms with Gasteiger partial charge in [-0.3, -0.25) is 4.79 Å². The van der Waals surface area contributed by atoms with Crippen LogP contribution in [0.2, 0.25) is 0 Å². The number of pyridine rings is 1. The van der Waals surface area contributed by atoms with Gasteiger partial charge in [0.05, 0.1) is 17.9 Å². The van der Waals surface area contributed by atoms with E-state index in [-0.39, 0.29) is 34.0 Å². The first kappa shape index (κ1) is 27.1. The molecule has 0 radical (unpaired) electrons. The molecule has 1 aliphatic rings. The third kappa shape index (κ3) is 4.77. The first-order chi connectivity index (χ1) is 18.5. The number of carbonyl (C=O) groups is 2. The van der Waals surface area contributed by atoms with Crippen LogP contribution in [0.5, 0.6) is 0 Å². The third-order valence-electron chi connectivity index (χ3n) is 7.23. The van der Waals surface area contributed by atoms with Crippen LogP contribution in [0.1, 0.15) is 70.1 Å². The number of nitrogens with zero attached hydrogens (tertiary/aromatic N) is 2. The Morgan fingerprint density at radius 2 is 2.05 bits per heavy atom. The number of amides is 1. The summed E-state index contributed by atoms with van der Waals surface area (Å²) in [5, 5.41) is 17.6. The second-order valence-corrected chi connectivity index (χ2v) is 13.5. The smallest absolute Gasteiger partial charge is 0.341 e. The van der Waals surface area contributed by atoms with Crippen molar-refractivity contribution in [2.24, 2.45) is 11.3 Å². The zero-order valence-corrected chi connectivity index (χ0v) is 24.6. The number of anilines is 3. The molecule has 1 unspecified atom stereocenters. The fourth-order valence-corrected chi connectivity index (χ4v) is 8.10. The molecule has 0 fully saturated rings. The summed E-state index contributed by atoms with van der Waals surface area (Å²) in [6.45, 7) is 8.71. The van der Waals surface area contributed by atoms with E-state index >= 15 is 0 Å². The zero-order valence-electron chi connectivity index (χ0n) is 22.1. The van der Waals surface area contributed by atoms with Crippen LogP contribution in [-0.4, -0.2) is 23.5 Å². The van der Waals surface area contributed by atoms with E-state index in [1.54, 1.807) is 6.92 Å². The summed E-state index contributed by atoms with van der Waals surface area (Å²) in [7, 11) is 0. The van der Waals surface area contributed by atoms with E-state index in [2.05, 4.69) is 37.1 Å². The van der Waals surface area contributed by atoms with Gasteiger partial charge in [0.2, 0.25) is 0 Å². The lowest BCUT2D eigenvalue weighted by atomic mass is 9.72. The predicted octanol–water partition coefficient (Wildman–Crippen LogP) is 6.70. The van der Waals surface area contributed by atoms with Gasteiger partial charge in [0.1, 0.15) is 32.2 Å². The summed E-state index contributed by atoms with van der Waals surface area (Å²) in [5.41, 5.74) is 16.0. The topological polar surface area (TPSA) is 144 Å². The number of nitrogens with one attached hydrogen (secondary N) is 1. The Morgan fingerprint density at radius 3 is 2.69 bits per heavy atom. The molecule has 1 atom stereocenters. The van der Waals surface area contributed by atoms with E-state index in [4.69, 9.17) is 16.2 Å². The van der Waals surface area contributed by atoms with Crippen LogP contribution in [0.4, 0.5) is 16.5 Å². The third-order valence-corrected chi connectivity index (χ3v) is 10.2. The minimum absolute atomic E-state index is 0.0864. The summed E-state index contributed by atoms with van der Waals surface area (Å²) in [5.74, 6) is -0.317. The van der Waals surface area contributed by atoms with Gasteiger partial charge in [0.25, 0.3) is 5.91 Å². The monoisotopic (exact) mass is 579 g/mol. The van der Waals surface area contributed by atoms with Gasteiger partial charge < -0.3 is 21.5 Å². The molecule has 1 aliphatic carbocycles. The standard InChI is InChI=1S/C28H29N5O3S3/c1-5-36-27(35)19-15-7-6-14(28(2,3)4)10-17(15)38-25(19)33-24(34)22-21(30)20-18(13-8-9-37-12-13)16(11-29)23(31)32-26(20)39-22/h8-9,12,14H,5-7,10,30H2,1-4H3,(H2,31,32)(H,33,34). The highest BCUT2D eigenvalue weighted by molar-refractivity contribution is 7.21. The molecule has 0 saturated carbocycles. The highest BCUT2D eigenvalue weighted by Crippen LogP contribution is 2.46. The Kier molecular flexibility index (Phi) is 7.13. The normalized spacial score (nSPS) is 15.1. The van der Waals surface area contributed by atoms with Gasteiger partial charge in [-0.05, 0) is 65.5 Å². The molecule has 0 saturated heterocycles. The highest BCUT2D eigenvalue weighted by atomic mass is 32.1. The molecule has 4 aromatic rings. The molecule has 1 amide bonds. The minimum atomic E-state index is -0.444. The van der Waals surface area contributed by atoms with Gasteiger partial charge in [-0.2, -0.15) is 16.6 Å². The number of nitriles is 1. The van der Waals surface area contributed by atoms with Crippen LogP contribution < -0.4 is 16.8 Å². The van der Waals surface area contributed by atoms with Crippen molar-refractivity contribution in [3.05, 3.63) is 43.3 Å². The molecular formula is C28H29N5O3S3. The number of carbonyl (C=O) groups excluding carboxylic acids is 2. The van der Waals surface area contributed by atoms with E-state index in [1.165, 1.54) is 22.7 Å². The summed E-state index contributed by atoms with van der Waals surface area (Å²) in [6, 6.07) is 4.02. The van der Waals surface area contributed by atoms with Crippen LogP contribution >= 0.6 is 34.0 Å². The number of ether oxygens (including phenoxy) is 1. The second-order valence-electron chi connectivity index (χ2n) is 10.6. The lowest BCUT2D eigenvalue weighted by Crippen LogP contribution is -2.26. The Labute approximate surface area is 238 Å². The summed E-state index contributed by atoms with van der Waals surface area (Å²) in [4.78, 5) is 32.9. The predicted molar refractivity (Wildman–Crippen MR) is 160 cm³/mol. The molecule has 4 aromatic heterocycles. The SMILES string of the molecule is CCOC(=O)c1c(NC(=O)c2sc3nc(N)c(C#N)c(-c4ccsc4)c3c2N)sc2c1CCC(C(C)(C)C)C2. The molecule has 4 heterocycles. The Balaban J connectivity index is 1.58. The lowest BCUT2D eigenvalue weighted by Gasteiger charge is -2.33. The lowest BCUT2D eigenvalue weighted by molar-refractivity contribution is 0.0526. The number of fused-ring (bicyclic) bond motifs is 2. The highest BCUT2D eigenvalue weighted by Gasteiger charge is 2.35. The average Bonchev–Trinajstić information content (AvgIpc) is 3.60. The molecular weight excluding hydrogens is 551 g/mol. The maximum absolute atomic E-state index is 13.7. The van der Waals surface area contributed by atoms with Crippen molar-refractivity contribution < 1.29 is 14.3 Å². The fourth-order valence-electron chi connectivity index (χ4n) is 5.14. The summed E-state index contributed by atoms with van der Waals surface area (Å²) < 4.78 is 5.38. The van der Waals surface area contributed by atoms with Gasteiger partial charge in [0, 0.05) is 15.8 Å². The largest absolute Gasteiger partial charge is 0.462 e. The maximum atomic E-state index is 13.7.